The average Bonchev–Trinajstić information content (AvgIpc) is 2.46. The summed E-state index contributed by atoms with van der Waals surface area (Å²) in [5, 5.41) is 10.3. The molecule has 1 aliphatic heterocycles. The van der Waals surface area contributed by atoms with Gasteiger partial charge in [-0.15, -0.1) is 0 Å². The zero-order chi connectivity index (χ0) is 15.3. The van der Waals surface area contributed by atoms with Gasteiger partial charge in [0.25, 0.3) is 0 Å². The molecule has 1 aromatic carbocycles. The van der Waals surface area contributed by atoms with Crippen LogP contribution < -0.4 is 5.32 Å². The molecular weight excluding hydrogens is 290 g/mol. The van der Waals surface area contributed by atoms with Crippen molar-refractivity contribution in [2.24, 2.45) is 0 Å². The highest BCUT2D eigenvalue weighted by atomic mass is 32.2. The largest absolute Gasteiger partial charge is 0.384 e. The number of aliphatic hydroxyl groups is 1. The second-order valence-electron chi connectivity index (χ2n) is 4.88. The molecule has 2 rings (SSSR count). The average molecular weight is 307 g/mol. The van der Waals surface area contributed by atoms with Gasteiger partial charge in [0.15, 0.2) is 9.84 Å². The third-order valence-corrected chi connectivity index (χ3v) is 5.51. The Balaban J connectivity index is 2.05. The van der Waals surface area contributed by atoms with E-state index in [2.05, 4.69) is 17.2 Å². The number of sulfone groups is 1. The third kappa shape index (κ3) is 4.06. The molecule has 21 heavy (non-hydrogen) atoms. The number of anilines is 1. The van der Waals surface area contributed by atoms with Crippen molar-refractivity contribution in [3.63, 3.8) is 0 Å². The Morgan fingerprint density at radius 2 is 2.00 bits per heavy atom. The van der Waals surface area contributed by atoms with Crippen LogP contribution >= 0.6 is 0 Å². The molecule has 0 bridgehead atoms. The first-order valence-electron chi connectivity index (χ1n) is 6.75. The van der Waals surface area contributed by atoms with Crippen molar-refractivity contribution in [3.8, 4) is 11.8 Å². The minimum Gasteiger partial charge on any atom is -0.384 e. The maximum Gasteiger partial charge on any atom is 0.242 e. The summed E-state index contributed by atoms with van der Waals surface area (Å²) in [4.78, 5) is 12.1. The third-order valence-electron chi connectivity index (χ3n) is 3.34. The summed E-state index contributed by atoms with van der Waals surface area (Å²) >= 11 is 0. The smallest absolute Gasteiger partial charge is 0.242 e. The molecule has 0 aliphatic carbocycles. The Kier molecular flexibility index (Phi) is 4.99. The lowest BCUT2D eigenvalue weighted by molar-refractivity contribution is -0.116. The number of rotatable bonds is 2. The normalized spacial score (nSPS) is 20.1. The molecule has 1 fully saturated rings. The summed E-state index contributed by atoms with van der Waals surface area (Å²) in [6, 6.07) is 6.73. The fraction of sp³-hybridized carbons (Fsp3) is 0.400. The van der Waals surface area contributed by atoms with Gasteiger partial charge in [-0.25, -0.2) is 8.42 Å². The maximum absolute atomic E-state index is 12.1. The fourth-order valence-electron chi connectivity index (χ4n) is 2.25. The molecule has 6 heteroatoms. The molecule has 1 heterocycles. The lowest BCUT2D eigenvalue weighted by Gasteiger charge is -2.21. The first-order valence-corrected chi connectivity index (χ1v) is 8.47. The predicted molar refractivity (Wildman–Crippen MR) is 80.5 cm³/mol. The molecule has 0 radical (unpaired) electrons. The van der Waals surface area contributed by atoms with Crippen molar-refractivity contribution in [2.75, 3.05) is 17.7 Å². The van der Waals surface area contributed by atoms with E-state index in [1.165, 1.54) is 0 Å². The molecule has 0 aromatic heterocycles. The van der Waals surface area contributed by atoms with E-state index in [9.17, 15) is 13.2 Å². The summed E-state index contributed by atoms with van der Waals surface area (Å²) < 4.78 is 23.8. The van der Waals surface area contributed by atoms with Crippen molar-refractivity contribution >= 4 is 21.4 Å². The molecule has 1 atom stereocenters. The van der Waals surface area contributed by atoms with Gasteiger partial charge in [-0.2, -0.15) is 0 Å². The Hall–Kier alpha value is -1.84. The molecule has 2 N–H and O–H groups in total. The Bertz CT molecular complexity index is 668. The van der Waals surface area contributed by atoms with Gasteiger partial charge in [0, 0.05) is 11.3 Å². The van der Waals surface area contributed by atoms with E-state index in [1.807, 2.05) is 0 Å². The van der Waals surface area contributed by atoms with Crippen LogP contribution in [0.4, 0.5) is 5.69 Å². The van der Waals surface area contributed by atoms with Crippen LogP contribution in [0.15, 0.2) is 24.3 Å². The van der Waals surface area contributed by atoms with Crippen LogP contribution in [0.2, 0.25) is 0 Å². The standard InChI is InChI=1S/C15H17NO4S/c17-10-3-4-12-6-8-13(9-7-12)16-15(18)14-5-1-2-11-21(14,19)20/h6-9,14,17H,1-2,5,10-11H2,(H,16,18). The van der Waals surface area contributed by atoms with Crippen LogP contribution in [0.1, 0.15) is 24.8 Å². The molecule has 112 valence electrons. The number of aliphatic hydroxyl groups excluding tert-OH is 1. The minimum atomic E-state index is -3.33. The van der Waals surface area contributed by atoms with Gasteiger partial charge < -0.3 is 10.4 Å². The van der Waals surface area contributed by atoms with Crippen LogP contribution in [-0.2, 0) is 14.6 Å². The van der Waals surface area contributed by atoms with Crippen LogP contribution in [0.5, 0.6) is 0 Å². The van der Waals surface area contributed by atoms with E-state index in [-0.39, 0.29) is 12.4 Å². The van der Waals surface area contributed by atoms with Crippen LogP contribution in [0.3, 0.4) is 0 Å². The molecule has 1 amide bonds. The topological polar surface area (TPSA) is 83.5 Å². The van der Waals surface area contributed by atoms with Crippen molar-refractivity contribution in [1.29, 1.82) is 0 Å². The Morgan fingerprint density at radius 3 is 2.62 bits per heavy atom. The van der Waals surface area contributed by atoms with Crippen molar-refractivity contribution in [3.05, 3.63) is 29.8 Å². The quantitative estimate of drug-likeness (QED) is 0.796. The molecule has 5 nitrogen and oxygen atoms in total. The number of benzene rings is 1. The van der Waals surface area contributed by atoms with Gasteiger partial charge in [-0.05, 0) is 37.1 Å². The van der Waals surface area contributed by atoms with E-state index in [1.54, 1.807) is 24.3 Å². The summed E-state index contributed by atoms with van der Waals surface area (Å²) in [6.45, 7) is -0.210. The molecular formula is C15H17NO4S. The Labute approximate surface area is 124 Å². The molecule has 0 saturated carbocycles. The van der Waals surface area contributed by atoms with E-state index < -0.39 is 21.0 Å². The lowest BCUT2D eigenvalue weighted by atomic mass is 10.1. The monoisotopic (exact) mass is 307 g/mol. The van der Waals surface area contributed by atoms with E-state index in [0.29, 0.717) is 24.1 Å². The number of nitrogens with one attached hydrogen (secondary N) is 1. The van der Waals surface area contributed by atoms with Gasteiger partial charge in [-0.3, -0.25) is 4.79 Å². The highest BCUT2D eigenvalue weighted by Crippen LogP contribution is 2.21. The number of hydrogen-bond acceptors (Lipinski definition) is 4. The molecule has 0 spiro atoms. The summed E-state index contributed by atoms with van der Waals surface area (Å²) in [6.07, 6.45) is 1.77. The van der Waals surface area contributed by atoms with Crippen LogP contribution in [0, 0.1) is 11.8 Å². The molecule has 1 unspecified atom stereocenters. The van der Waals surface area contributed by atoms with Gasteiger partial charge in [0.1, 0.15) is 11.9 Å². The van der Waals surface area contributed by atoms with Gasteiger partial charge >= 0.3 is 0 Å². The van der Waals surface area contributed by atoms with Gasteiger partial charge in [-0.1, -0.05) is 18.3 Å². The second-order valence-corrected chi connectivity index (χ2v) is 7.18. The minimum absolute atomic E-state index is 0.0841. The zero-order valence-corrected chi connectivity index (χ0v) is 12.3. The predicted octanol–water partition coefficient (Wildman–Crippen LogP) is 0.936. The Morgan fingerprint density at radius 1 is 1.29 bits per heavy atom. The van der Waals surface area contributed by atoms with Gasteiger partial charge in [0.05, 0.1) is 5.75 Å². The van der Waals surface area contributed by atoms with Crippen LogP contribution in [-0.4, -0.2) is 37.0 Å². The first-order chi connectivity index (χ1) is 10.0. The second kappa shape index (κ2) is 6.74. The van der Waals surface area contributed by atoms with Crippen molar-refractivity contribution in [2.45, 2.75) is 24.5 Å². The summed E-state index contributed by atoms with van der Waals surface area (Å²) in [5.41, 5.74) is 1.25. The highest BCUT2D eigenvalue weighted by molar-refractivity contribution is 7.92. The molecule has 1 aromatic rings. The fourth-order valence-corrected chi connectivity index (χ4v) is 4.05. The van der Waals surface area contributed by atoms with E-state index in [0.717, 1.165) is 6.42 Å². The van der Waals surface area contributed by atoms with E-state index in [4.69, 9.17) is 5.11 Å². The number of carbonyl (C=O) groups is 1. The number of hydrogen-bond donors (Lipinski definition) is 2. The molecule has 1 aliphatic rings. The summed E-state index contributed by atoms with van der Waals surface area (Å²) in [5.74, 6) is 4.88. The van der Waals surface area contributed by atoms with Crippen molar-refractivity contribution < 1.29 is 18.3 Å². The van der Waals surface area contributed by atoms with Gasteiger partial charge in [0.2, 0.25) is 5.91 Å². The number of amides is 1. The SMILES string of the molecule is O=C(Nc1ccc(C#CCO)cc1)C1CCCCS1(=O)=O. The van der Waals surface area contributed by atoms with E-state index >= 15 is 0 Å². The first kappa shape index (κ1) is 15.5. The maximum atomic E-state index is 12.1. The lowest BCUT2D eigenvalue weighted by Crippen LogP contribution is -2.39. The van der Waals surface area contributed by atoms with Crippen LogP contribution in [0.25, 0.3) is 0 Å². The summed E-state index contributed by atoms with van der Waals surface area (Å²) in [7, 11) is -3.33. The highest BCUT2D eigenvalue weighted by Gasteiger charge is 2.34. The van der Waals surface area contributed by atoms with Crippen molar-refractivity contribution in [1.82, 2.24) is 0 Å². The number of carbonyl (C=O) groups excluding carboxylic acids is 1. The molecule has 1 saturated heterocycles. The zero-order valence-electron chi connectivity index (χ0n) is 11.5.